The van der Waals surface area contributed by atoms with Crippen molar-refractivity contribution in [1.82, 2.24) is 5.32 Å². The molecule has 0 unspecified atom stereocenters. The van der Waals surface area contributed by atoms with E-state index in [1.807, 2.05) is 0 Å². The molecule has 1 aliphatic rings. The van der Waals surface area contributed by atoms with Gasteiger partial charge in [-0.3, -0.25) is 4.79 Å². The Balaban J connectivity index is 2.56. The summed E-state index contributed by atoms with van der Waals surface area (Å²) < 4.78 is 0. The van der Waals surface area contributed by atoms with Gasteiger partial charge in [0.1, 0.15) is 24.4 Å². The van der Waals surface area contributed by atoms with Gasteiger partial charge in [-0.2, -0.15) is 0 Å². The molecule has 7 N–H and O–H groups in total. The highest BCUT2D eigenvalue weighted by Crippen LogP contribution is 2.17. The standard InChI is InChI=1S/C19H37NO7/c21-12-14(22)15(23)16(24)17(25)18(26)19(27)20-13-10-8-6-4-2-1-3-5-7-9-11-13/h13-18,21-26H,1-12H2,(H,20,27)/t14-,15-,16+,17-,18-/m1/s1. The Bertz CT molecular complexity index is 398. The van der Waals surface area contributed by atoms with Crippen molar-refractivity contribution in [1.29, 1.82) is 0 Å². The first-order chi connectivity index (χ1) is 12.9. The molecule has 0 aliphatic heterocycles. The van der Waals surface area contributed by atoms with E-state index >= 15 is 0 Å². The van der Waals surface area contributed by atoms with Crippen LogP contribution in [-0.4, -0.2) is 79.7 Å². The summed E-state index contributed by atoms with van der Waals surface area (Å²) in [4.78, 5) is 12.3. The smallest absolute Gasteiger partial charge is 0.251 e. The van der Waals surface area contributed by atoms with Crippen molar-refractivity contribution in [2.24, 2.45) is 0 Å². The van der Waals surface area contributed by atoms with E-state index in [-0.39, 0.29) is 6.04 Å². The molecule has 0 saturated heterocycles. The fraction of sp³-hybridized carbons (Fsp3) is 0.947. The zero-order valence-electron chi connectivity index (χ0n) is 16.0. The summed E-state index contributed by atoms with van der Waals surface area (Å²) in [6.45, 7) is -0.824. The third-order valence-electron chi connectivity index (χ3n) is 5.32. The van der Waals surface area contributed by atoms with Crippen LogP contribution in [-0.2, 0) is 4.79 Å². The zero-order valence-corrected chi connectivity index (χ0v) is 16.0. The summed E-state index contributed by atoms with van der Waals surface area (Å²) in [5.41, 5.74) is 0. The summed E-state index contributed by atoms with van der Waals surface area (Å²) in [6, 6.07) is -0.108. The molecule has 0 aromatic rings. The van der Waals surface area contributed by atoms with E-state index in [4.69, 9.17) is 5.11 Å². The van der Waals surface area contributed by atoms with Crippen molar-refractivity contribution in [3.05, 3.63) is 0 Å². The molecule has 0 aromatic carbocycles. The number of amides is 1. The fourth-order valence-electron chi connectivity index (χ4n) is 3.47. The maximum atomic E-state index is 12.3. The van der Waals surface area contributed by atoms with Crippen molar-refractivity contribution >= 4 is 5.91 Å². The Kier molecular flexibility index (Phi) is 12.1. The van der Waals surface area contributed by atoms with Gasteiger partial charge in [-0.05, 0) is 12.8 Å². The van der Waals surface area contributed by atoms with Gasteiger partial charge < -0.3 is 36.0 Å². The van der Waals surface area contributed by atoms with Gasteiger partial charge in [0.15, 0.2) is 6.10 Å². The normalized spacial score (nSPS) is 23.9. The van der Waals surface area contributed by atoms with Gasteiger partial charge in [-0.25, -0.2) is 0 Å². The molecule has 0 heterocycles. The fourth-order valence-corrected chi connectivity index (χ4v) is 3.47. The maximum Gasteiger partial charge on any atom is 0.251 e. The molecule has 8 nitrogen and oxygen atoms in total. The Hall–Kier alpha value is -0.770. The van der Waals surface area contributed by atoms with Crippen molar-refractivity contribution < 1.29 is 35.4 Å². The van der Waals surface area contributed by atoms with Gasteiger partial charge in [0.25, 0.3) is 5.91 Å². The summed E-state index contributed by atoms with van der Waals surface area (Å²) in [7, 11) is 0. The molecule has 0 bridgehead atoms. The van der Waals surface area contributed by atoms with E-state index in [1.165, 1.54) is 32.1 Å². The third-order valence-corrected chi connectivity index (χ3v) is 5.32. The monoisotopic (exact) mass is 391 g/mol. The molecule has 1 rings (SSSR count). The molecular formula is C19H37NO7. The van der Waals surface area contributed by atoms with E-state index < -0.39 is 43.0 Å². The minimum atomic E-state index is -1.98. The first-order valence-electron chi connectivity index (χ1n) is 10.2. The van der Waals surface area contributed by atoms with Gasteiger partial charge in [0.2, 0.25) is 0 Å². The maximum absolute atomic E-state index is 12.3. The second-order valence-corrected chi connectivity index (χ2v) is 7.63. The van der Waals surface area contributed by atoms with Crippen molar-refractivity contribution in [2.75, 3.05) is 6.61 Å². The molecule has 27 heavy (non-hydrogen) atoms. The minimum absolute atomic E-state index is 0.108. The summed E-state index contributed by atoms with van der Waals surface area (Å²) in [6.07, 6.45) is 2.41. The number of aliphatic hydroxyl groups is 6. The topological polar surface area (TPSA) is 150 Å². The molecule has 160 valence electrons. The largest absolute Gasteiger partial charge is 0.394 e. The number of hydrogen-bond acceptors (Lipinski definition) is 7. The Morgan fingerprint density at radius 3 is 1.63 bits per heavy atom. The van der Waals surface area contributed by atoms with Crippen LogP contribution in [0.3, 0.4) is 0 Å². The highest BCUT2D eigenvalue weighted by Gasteiger charge is 2.37. The summed E-state index contributed by atoms with van der Waals surface area (Å²) in [5.74, 6) is -0.815. The molecule has 5 atom stereocenters. The Labute approximate surface area is 161 Å². The predicted octanol–water partition coefficient (Wildman–Crippen LogP) is -0.427. The van der Waals surface area contributed by atoms with Crippen LogP contribution in [0, 0.1) is 0 Å². The highest BCUT2D eigenvalue weighted by molar-refractivity contribution is 5.81. The van der Waals surface area contributed by atoms with E-state index in [0.29, 0.717) is 0 Å². The molecule has 0 radical (unpaired) electrons. The second-order valence-electron chi connectivity index (χ2n) is 7.63. The lowest BCUT2D eigenvalue weighted by Crippen LogP contribution is -2.55. The van der Waals surface area contributed by atoms with Crippen molar-refractivity contribution in [3.63, 3.8) is 0 Å². The second kappa shape index (κ2) is 13.4. The van der Waals surface area contributed by atoms with Crippen LogP contribution in [0.2, 0.25) is 0 Å². The van der Waals surface area contributed by atoms with Crippen LogP contribution < -0.4 is 5.32 Å². The van der Waals surface area contributed by atoms with Crippen molar-refractivity contribution in [2.45, 2.75) is 107 Å². The van der Waals surface area contributed by atoms with Crippen LogP contribution in [0.15, 0.2) is 0 Å². The first kappa shape index (κ1) is 24.3. The lowest BCUT2D eigenvalue weighted by molar-refractivity contribution is -0.157. The van der Waals surface area contributed by atoms with Gasteiger partial charge in [-0.15, -0.1) is 0 Å². The van der Waals surface area contributed by atoms with Gasteiger partial charge in [-0.1, -0.05) is 57.8 Å². The van der Waals surface area contributed by atoms with Crippen molar-refractivity contribution in [3.8, 4) is 0 Å². The minimum Gasteiger partial charge on any atom is -0.394 e. The highest BCUT2D eigenvalue weighted by atomic mass is 16.4. The van der Waals surface area contributed by atoms with Crippen LogP contribution >= 0.6 is 0 Å². The van der Waals surface area contributed by atoms with E-state index in [1.54, 1.807) is 0 Å². The average Bonchev–Trinajstić information content (AvgIpc) is 2.66. The molecule has 0 aromatic heterocycles. The lowest BCUT2D eigenvalue weighted by atomic mass is 9.96. The lowest BCUT2D eigenvalue weighted by Gasteiger charge is -2.29. The van der Waals surface area contributed by atoms with Gasteiger partial charge >= 0.3 is 0 Å². The third kappa shape index (κ3) is 8.85. The average molecular weight is 392 g/mol. The van der Waals surface area contributed by atoms with E-state index in [0.717, 1.165) is 38.5 Å². The van der Waals surface area contributed by atoms with E-state index in [9.17, 15) is 30.3 Å². The summed E-state index contributed by atoms with van der Waals surface area (Å²) >= 11 is 0. The molecule has 1 aliphatic carbocycles. The Morgan fingerprint density at radius 1 is 0.741 bits per heavy atom. The quantitative estimate of drug-likeness (QED) is 0.311. The Morgan fingerprint density at radius 2 is 1.19 bits per heavy atom. The number of aliphatic hydroxyl groups excluding tert-OH is 6. The summed E-state index contributed by atoms with van der Waals surface area (Å²) in [5, 5.41) is 60.2. The molecule has 1 fully saturated rings. The first-order valence-corrected chi connectivity index (χ1v) is 10.2. The van der Waals surface area contributed by atoms with Crippen LogP contribution in [0.1, 0.15) is 70.6 Å². The molecule has 1 amide bonds. The van der Waals surface area contributed by atoms with Crippen LogP contribution in [0.25, 0.3) is 0 Å². The van der Waals surface area contributed by atoms with Gasteiger partial charge in [0, 0.05) is 6.04 Å². The number of nitrogens with one attached hydrogen (secondary N) is 1. The predicted molar refractivity (Wildman–Crippen MR) is 99.8 cm³/mol. The molecule has 8 heteroatoms. The van der Waals surface area contributed by atoms with E-state index in [2.05, 4.69) is 5.32 Å². The molecule has 1 saturated carbocycles. The van der Waals surface area contributed by atoms with Gasteiger partial charge in [0.05, 0.1) is 6.61 Å². The molecule has 0 spiro atoms. The zero-order chi connectivity index (χ0) is 20.2. The number of hydrogen-bond donors (Lipinski definition) is 7. The van der Waals surface area contributed by atoms with Crippen LogP contribution in [0.5, 0.6) is 0 Å². The SMILES string of the molecule is O=C(NC1CCCCCCCCCCC1)[C@H](O)[C@H](O)[C@@H](O)[C@H](O)[C@H](O)CO. The number of rotatable bonds is 7. The number of carbonyl (C=O) groups is 1. The van der Waals surface area contributed by atoms with Crippen LogP contribution in [0.4, 0.5) is 0 Å². The number of carbonyl (C=O) groups excluding carboxylic acids is 1. The molecular weight excluding hydrogens is 354 g/mol.